The normalized spacial score (nSPS) is 11.8. The third-order valence-corrected chi connectivity index (χ3v) is 11.8. The van der Waals surface area contributed by atoms with Gasteiger partial charge in [0.15, 0.2) is 0 Å². The molecule has 0 saturated carbocycles. The maximum absolute atomic E-state index is 13.3. The first kappa shape index (κ1) is 39.0. The minimum absolute atomic E-state index is 0.0863. The van der Waals surface area contributed by atoms with Crippen molar-refractivity contribution in [2.45, 2.75) is 22.6 Å². The maximum atomic E-state index is 13.3. The highest BCUT2D eigenvalue weighted by Crippen LogP contribution is 2.40. The van der Waals surface area contributed by atoms with Gasteiger partial charge in [-0.05, 0) is 72.1 Å². The van der Waals surface area contributed by atoms with Gasteiger partial charge in [0, 0.05) is 75.5 Å². The Hall–Kier alpha value is -7.26. The molecular weight excluding hydrogens is 793 g/mol. The number of carbonyl (C=O) groups is 2. The number of hydrogen-bond acceptors (Lipinski definition) is 10. The maximum Gasteiger partial charge on any atom is 0.270 e. The highest BCUT2D eigenvalue weighted by atomic mass is 32.2. The molecule has 2 heterocycles. The van der Waals surface area contributed by atoms with E-state index in [2.05, 4.69) is 20.8 Å². The molecule has 0 radical (unpaired) electrons. The van der Waals surface area contributed by atoms with E-state index in [1.165, 1.54) is 24.3 Å². The predicted molar refractivity (Wildman–Crippen MR) is 210 cm³/mol. The average Bonchev–Trinajstić information content (AvgIpc) is 3.84. The van der Waals surface area contributed by atoms with Gasteiger partial charge in [-0.3, -0.25) is 40.7 Å². The molecule has 294 valence electrons. The Bertz CT molecular complexity index is 2840. The van der Waals surface area contributed by atoms with Gasteiger partial charge in [0.2, 0.25) is 0 Å². The first-order valence-electron chi connectivity index (χ1n) is 17.0. The van der Waals surface area contributed by atoms with Crippen molar-refractivity contribution < 1.29 is 36.3 Å². The molecule has 0 aliphatic carbocycles. The van der Waals surface area contributed by atoms with Gasteiger partial charge in [-0.1, -0.05) is 42.0 Å². The van der Waals surface area contributed by atoms with Gasteiger partial charge >= 0.3 is 0 Å². The van der Waals surface area contributed by atoms with Gasteiger partial charge in [-0.2, -0.15) is 0 Å². The number of non-ortho nitro benzene ring substituents is 2. The number of amides is 2. The number of fused-ring (bicyclic) bond motifs is 2. The zero-order valence-corrected chi connectivity index (χ0v) is 31.6. The minimum atomic E-state index is -4.38. The van der Waals surface area contributed by atoms with Crippen molar-refractivity contribution >= 4 is 65.0 Å². The van der Waals surface area contributed by atoms with E-state index < -0.39 is 68.8 Å². The molecule has 0 spiro atoms. The molecule has 5 aromatic carbocycles. The number of aromatic nitrogens is 2. The molecule has 0 fully saturated rings. The topological polar surface area (TPSA) is 268 Å². The van der Waals surface area contributed by atoms with Crippen LogP contribution in [0.1, 0.15) is 48.9 Å². The number of nitro benzene ring substituents is 2. The lowest BCUT2D eigenvalue weighted by Gasteiger charge is -2.18. The summed E-state index contributed by atoms with van der Waals surface area (Å²) in [4.78, 5) is 57.1. The number of carbonyl (C=O) groups excluding carboxylic acids is 2. The van der Waals surface area contributed by atoms with Gasteiger partial charge in [0.1, 0.15) is 0 Å². The molecule has 7 rings (SSSR count). The summed E-state index contributed by atoms with van der Waals surface area (Å²) in [6.45, 7) is 1.94. The third-order valence-electron chi connectivity index (χ3n) is 9.26. The molecule has 0 atom stereocenters. The van der Waals surface area contributed by atoms with Gasteiger partial charge in [-0.25, -0.2) is 16.8 Å². The molecule has 6 N–H and O–H groups in total. The highest BCUT2D eigenvalue weighted by Gasteiger charge is 2.26. The lowest BCUT2D eigenvalue weighted by Crippen LogP contribution is -2.41. The van der Waals surface area contributed by atoms with Crippen molar-refractivity contribution in [2.24, 2.45) is 0 Å². The molecule has 0 saturated heterocycles. The van der Waals surface area contributed by atoms with Crippen molar-refractivity contribution in [1.29, 1.82) is 0 Å². The number of aromatic amines is 2. The summed E-state index contributed by atoms with van der Waals surface area (Å²) in [6.07, 6.45) is 3.56. The van der Waals surface area contributed by atoms with E-state index in [0.29, 0.717) is 32.9 Å². The lowest BCUT2D eigenvalue weighted by molar-refractivity contribution is -0.385. The van der Waals surface area contributed by atoms with E-state index >= 15 is 0 Å². The third kappa shape index (κ3) is 7.88. The predicted octanol–water partition coefficient (Wildman–Crippen LogP) is 5.20. The van der Waals surface area contributed by atoms with Crippen LogP contribution in [0, 0.1) is 27.2 Å². The number of aryl methyl sites for hydroxylation is 1. The first-order valence-corrected chi connectivity index (χ1v) is 20.0. The highest BCUT2D eigenvalue weighted by molar-refractivity contribution is 7.89. The van der Waals surface area contributed by atoms with E-state index in [4.69, 9.17) is 0 Å². The smallest absolute Gasteiger partial charge is 0.270 e. The number of hydrogen-bond donors (Lipinski definition) is 6. The van der Waals surface area contributed by atoms with Gasteiger partial charge in [0.25, 0.3) is 43.2 Å². The number of benzene rings is 5. The summed E-state index contributed by atoms with van der Waals surface area (Å²) in [5.41, 5.74) is 8.18. The van der Waals surface area contributed by atoms with Crippen LogP contribution in [0.4, 0.5) is 11.4 Å². The number of sulfonamides is 2. The van der Waals surface area contributed by atoms with Crippen LogP contribution < -0.4 is 20.5 Å². The lowest BCUT2D eigenvalue weighted by atomic mass is 9.84. The Morgan fingerprint density at radius 1 is 0.603 bits per heavy atom. The summed E-state index contributed by atoms with van der Waals surface area (Å²) in [7, 11) is -8.76. The second kappa shape index (κ2) is 15.3. The number of nitrogens with zero attached hydrogens (tertiary/aromatic N) is 2. The van der Waals surface area contributed by atoms with Crippen LogP contribution in [0.5, 0.6) is 0 Å². The van der Waals surface area contributed by atoms with Crippen molar-refractivity contribution in [3.63, 3.8) is 0 Å². The molecule has 7 aromatic rings. The molecule has 0 bridgehead atoms. The molecule has 2 amide bonds. The van der Waals surface area contributed by atoms with Crippen molar-refractivity contribution in [3.8, 4) is 0 Å². The largest absolute Gasteiger partial charge is 0.361 e. The molecule has 0 aliphatic rings. The number of nitro groups is 2. The van der Waals surface area contributed by atoms with Gasteiger partial charge in [0.05, 0.1) is 19.6 Å². The van der Waals surface area contributed by atoms with Crippen LogP contribution in [0.25, 0.3) is 21.8 Å². The van der Waals surface area contributed by atoms with Crippen LogP contribution in [-0.4, -0.2) is 48.5 Å². The van der Waals surface area contributed by atoms with Crippen LogP contribution in [0.3, 0.4) is 0 Å². The molecule has 20 heteroatoms. The minimum Gasteiger partial charge on any atom is -0.361 e. The van der Waals surface area contributed by atoms with Crippen LogP contribution in [-0.2, 0) is 20.0 Å². The summed E-state index contributed by atoms with van der Waals surface area (Å²) < 4.78 is 51.5. The SMILES string of the molecule is Cc1ccc(C(c2c[nH]c3ccc(C(=O)NNS(=O)(=O)c4cccc([N+](=O)[O-])c4)cc23)c2c[nH]c3ccc(C(=O)NNS(=O)(=O)c4cccc([N+](=O)[O-])c4)cc23)cc1. The Morgan fingerprint density at radius 2 is 1.03 bits per heavy atom. The fourth-order valence-electron chi connectivity index (χ4n) is 6.35. The van der Waals surface area contributed by atoms with Crippen LogP contribution in [0.2, 0.25) is 0 Å². The molecular formula is C38H30N8O10S2. The fraction of sp³-hybridized carbons (Fsp3) is 0.0526. The van der Waals surface area contributed by atoms with Crippen LogP contribution in [0.15, 0.2) is 131 Å². The zero-order chi connectivity index (χ0) is 41.4. The summed E-state index contributed by atoms with van der Waals surface area (Å²) >= 11 is 0. The number of rotatable bonds is 13. The summed E-state index contributed by atoms with van der Waals surface area (Å²) in [6, 6.07) is 25.9. The Balaban J connectivity index is 1.20. The van der Waals surface area contributed by atoms with Crippen molar-refractivity contribution in [3.05, 3.63) is 175 Å². The second-order valence-corrected chi connectivity index (χ2v) is 16.3. The zero-order valence-electron chi connectivity index (χ0n) is 29.9. The van der Waals surface area contributed by atoms with E-state index in [9.17, 15) is 46.7 Å². The summed E-state index contributed by atoms with van der Waals surface area (Å²) in [5, 5.41) is 23.5. The average molecular weight is 823 g/mol. The number of hydrazine groups is 2. The number of nitrogens with one attached hydrogen (secondary N) is 6. The fourth-order valence-corrected chi connectivity index (χ4v) is 8.10. The second-order valence-electron chi connectivity index (χ2n) is 13.0. The van der Waals surface area contributed by atoms with Crippen LogP contribution >= 0.6 is 0 Å². The van der Waals surface area contributed by atoms with Gasteiger partial charge < -0.3 is 9.97 Å². The number of H-pyrrole nitrogens is 2. The molecule has 18 nitrogen and oxygen atoms in total. The van der Waals surface area contributed by atoms with Crippen molar-refractivity contribution in [1.82, 2.24) is 30.5 Å². The van der Waals surface area contributed by atoms with Gasteiger partial charge in [-0.15, -0.1) is 9.66 Å². The van der Waals surface area contributed by atoms with Crippen molar-refractivity contribution in [2.75, 3.05) is 0 Å². The Labute approximate surface area is 328 Å². The quantitative estimate of drug-likeness (QED) is 0.0654. The van der Waals surface area contributed by atoms with E-state index in [1.54, 1.807) is 36.7 Å². The monoisotopic (exact) mass is 822 g/mol. The Morgan fingerprint density at radius 3 is 1.45 bits per heavy atom. The van der Waals surface area contributed by atoms with E-state index in [1.807, 2.05) is 40.9 Å². The van der Waals surface area contributed by atoms with E-state index in [0.717, 1.165) is 47.5 Å². The van der Waals surface area contributed by atoms with E-state index in [-0.39, 0.29) is 11.1 Å². The Kier molecular flexibility index (Phi) is 10.3. The molecule has 0 unspecified atom stereocenters. The molecule has 2 aromatic heterocycles. The first-order chi connectivity index (χ1) is 27.6. The summed E-state index contributed by atoms with van der Waals surface area (Å²) in [5.74, 6) is -2.13. The molecule has 58 heavy (non-hydrogen) atoms. The standard InChI is InChI=1S/C38H30N8O10S2/c1-22-8-10-23(11-9-22)36(32-20-39-34-14-12-24(16-30(32)34)37(47)41-43-57(53,54)28-6-2-4-26(18-28)45(49)50)33-21-40-35-15-13-25(17-31(33)35)38(48)42-44-58(55,56)29-7-3-5-27(19-29)46(51)52/h2-21,36,39-40,43-44H,1H3,(H,41,47)(H,42,48). The molecule has 0 aliphatic heterocycles.